The minimum Gasteiger partial charge on any atom is -0.385 e. The van der Waals surface area contributed by atoms with E-state index in [1.807, 2.05) is 6.07 Å². The molecule has 0 spiro atoms. The summed E-state index contributed by atoms with van der Waals surface area (Å²) in [6.45, 7) is 1.43. The molecule has 0 saturated heterocycles. The third kappa shape index (κ3) is 4.88. The third-order valence-electron chi connectivity index (χ3n) is 2.16. The van der Waals surface area contributed by atoms with E-state index < -0.39 is 0 Å². The van der Waals surface area contributed by atoms with Crippen molar-refractivity contribution in [3.05, 3.63) is 28.8 Å². The van der Waals surface area contributed by atoms with Gasteiger partial charge in [-0.1, -0.05) is 11.6 Å². The van der Waals surface area contributed by atoms with Gasteiger partial charge in [0.2, 0.25) is 0 Å². The summed E-state index contributed by atoms with van der Waals surface area (Å²) in [6, 6.07) is 7.08. The van der Waals surface area contributed by atoms with Crippen LogP contribution in [0.5, 0.6) is 0 Å². The fourth-order valence-electron chi connectivity index (χ4n) is 1.28. The highest BCUT2D eigenvalue weighted by Crippen LogP contribution is 2.19. The molecular weight excluding hydrogens is 270 g/mol. The SMILES string of the molecule is COCCCNC(=S)Nc1ccc(C#N)c(Cl)c1. The topological polar surface area (TPSA) is 57.1 Å². The summed E-state index contributed by atoms with van der Waals surface area (Å²) < 4.78 is 4.93. The van der Waals surface area contributed by atoms with Crippen LogP contribution in [0, 0.1) is 11.3 Å². The lowest BCUT2D eigenvalue weighted by molar-refractivity contribution is 0.196. The molecule has 0 fully saturated rings. The van der Waals surface area contributed by atoms with Crippen molar-refractivity contribution >= 4 is 34.6 Å². The lowest BCUT2D eigenvalue weighted by Gasteiger charge is -2.10. The number of ether oxygens (including phenoxy) is 1. The molecule has 96 valence electrons. The second-order valence-electron chi connectivity index (χ2n) is 3.53. The second-order valence-corrected chi connectivity index (χ2v) is 4.35. The van der Waals surface area contributed by atoms with E-state index in [9.17, 15) is 0 Å². The first-order valence-corrected chi connectivity index (χ1v) is 6.19. The smallest absolute Gasteiger partial charge is 0.170 e. The summed E-state index contributed by atoms with van der Waals surface area (Å²) in [5, 5.41) is 15.7. The highest BCUT2D eigenvalue weighted by atomic mass is 35.5. The molecule has 6 heteroatoms. The Hall–Kier alpha value is -1.35. The van der Waals surface area contributed by atoms with Gasteiger partial charge in [0.1, 0.15) is 6.07 Å². The first kappa shape index (κ1) is 14.7. The van der Waals surface area contributed by atoms with Crippen molar-refractivity contribution in [2.45, 2.75) is 6.42 Å². The van der Waals surface area contributed by atoms with Crippen LogP contribution in [-0.4, -0.2) is 25.4 Å². The Balaban J connectivity index is 2.45. The Morgan fingerprint density at radius 3 is 2.94 bits per heavy atom. The van der Waals surface area contributed by atoms with E-state index in [-0.39, 0.29) is 0 Å². The number of hydrogen-bond acceptors (Lipinski definition) is 3. The largest absolute Gasteiger partial charge is 0.385 e. The van der Waals surface area contributed by atoms with Crippen LogP contribution in [-0.2, 0) is 4.74 Å². The van der Waals surface area contributed by atoms with Crippen molar-refractivity contribution in [3.8, 4) is 6.07 Å². The maximum absolute atomic E-state index is 8.75. The monoisotopic (exact) mass is 283 g/mol. The quantitative estimate of drug-likeness (QED) is 0.642. The zero-order valence-corrected chi connectivity index (χ0v) is 11.6. The molecule has 2 N–H and O–H groups in total. The van der Waals surface area contributed by atoms with Crippen LogP contribution in [0.4, 0.5) is 5.69 Å². The molecule has 1 aromatic rings. The lowest BCUT2D eigenvalue weighted by atomic mass is 10.2. The van der Waals surface area contributed by atoms with Crippen molar-refractivity contribution < 1.29 is 4.74 Å². The van der Waals surface area contributed by atoms with Crippen molar-refractivity contribution in [2.75, 3.05) is 25.6 Å². The van der Waals surface area contributed by atoms with Crippen molar-refractivity contribution in [1.82, 2.24) is 5.32 Å². The Kier molecular flexibility index (Phi) is 6.44. The van der Waals surface area contributed by atoms with Gasteiger partial charge in [-0.2, -0.15) is 5.26 Å². The van der Waals surface area contributed by atoms with Crippen molar-refractivity contribution in [1.29, 1.82) is 5.26 Å². The predicted octanol–water partition coefficient (Wildman–Crippen LogP) is 2.53. The Morgan fingerprint density at radius 2 is 2.33 bits per heavy atom. The average Bonchev–Trinajstić information content (AvgIpc) is 2.35. The molecule has 0 radical (unpaired) electrons. The molecule has 0 amide bonds. The number of nitriles is 1. The summed E-state index contributed by atoms with van der Waals surface area (Å²) >= 11 is 11.0. The van der Waals surface area contributed by atoms with Crippen molar-refractivity contribution in [3.63, 3.8) is 0 Å². The molecule has 4 nitrogen and oxygen atoms in total. The normalized spacial score (nSPS) is 9.61. The van der Waals surface area contributed by atoms with Gasteiger partial charge < -0.3 is 15.4 Å². The highest BCUT2D eigenvalue weighted by Gasteiger charge is 2.02. The molecule has 1 aromatic carbocycles. The number of thiocarbonyl (C=S) groups is 1. The number of nitrogens with one attached hydrogen (secondary N) is 2. The van der Waals surface area contributed by atoms with Crippen LogP contribution < -0.4 is 10.6 Å². The van der Waals surface area contributed by atoms with E-state index in [0.717, 1.165) is 18.7 Å². The van der Waals surface area contributed by atoms with Gasteiger partial charge in [-0.05, 0) is 36.8 Å². The number of rotatable bonds is 5. The molecule has 0 aliphatic heterocycles. The minimum atomic E-state index is 0.407. The van der Waals surface area contributed by atoms with Gasteiger partial charge in [-0.25, -0.2) is 0 Å². The average molecular weight is 284 g/mol. The van der Waals surface area contributed by atoms with E-state index in [4.69, 9.17) is 33.8 Å². The van der Waals surface area contributed by atoms with E-state index in [1.165, 1.54) is 0 Å². The summed E-state index contributed by atoms with van der Waals surface area (Å²) in [4.78, 5) is 0. The van der Waals surface area contributed by atoms with Crippen LogP contribution >= 0.6 is 23.8 Å². The van der Waals surface area contributed by atoms with Gasteiger partial charge in [0.05, 0.1) is 10.6 Å². The van der Waals surface area contributed by atoms with Gasteiger partial charge in [0.15, 0.2) is 5.11 Å². The van der Waals surface area contributed by atoms with E-state index in [1.54, 1.807) is 25.3 Å². The fourth-order valence-corrected chi connectivity index (χ4v) is 1.72. The Bertz CT molecular complexity index is 459. The molecule has 0 aliphatic carbocycles. The number of hydrogen-bond donors (Lipinski definition) is 2. The molecule has 0 aliphatic rings. The third-order valence-corrected chi connectivity index (χ3v) is 2.72. The van der Waals surface area contributed by atoms with Gasteiger partial charge >= 0.3 is 0 Å². The number of methoxy groups -OCH3 is 1. The zero-order chi connectivity index (χ0) is 13.4. The number of halogens is 1. The Labute approximate surface area is 117 Å². The van der Waals surface area contributed by atoms with Gasteiger partial charge in [-0.15, -0.1) is 0 Å². The summed E-state index contributed by atoms with van der Waals surface area (Å²) in [5.74, 6) is 0. The van der Waals surface area contributed by atoms with E-state index >= 15 is 0 Å². The Morgan fingerprint density at radius 1 is 1.56 bits per heavy atom. The maximum atomic E-state index is 8.75. The predicted molar refractivity (Wildman–Crippen MR) is 76.9 cm³/mol. The molecule has 1 rings (SSSR count). The number of benzene rings is 1. The molecule has 0 aromatic heterocycles. The standard InChI is InChI=1S/C12H14ClN3OS/c1-17-6-2-5-15-12(18)16-10-4-3-9(8-14)11(13)7-10/h3-4,7H,2,5-6H2,1H3,(H2,15,16,18). The first-order chi connectivity index (χ1) is 8.67. The van der Waals surface area contributed by atoms with Crippen LogP contribution in [0.25, 0.3) is 0 Å². The van der Waals surface area contributed by atoms with Crippen LogP contribution in [0.15, 0.2) is 18.2 Å². The molecule has 0 heterocycles. The fraction of sp³-hybridized carbons (Fsp3) is 0.333. The first-order valence-electron chi connectivity index (χ1n) is 5.41. The maximum Gasteiger partial charge on any atom is 0.170 e. The van der Waals surface area contributed by atoms with Crippen LogP contribution in [0.1, 0.15) is 12.0 Å². The van der Waals surface area contributed by atoms with Crippen molar-refractivity contribution in [2.24, 2.45) is 0 Å². The summed E-state index contributed by atoms with van der Waals surface area (Å²) in [5.41, 5.74) is 1.20. The molecule has 0 atom stereocenters. The molecule has 0 bridgehead atoms. The molecular formula is C12H14ClN3OS. The van der Waals surface area contributed by atoms with Crippen LogP contribution in [0.3, 0.4) is 0 Å². The van der Waals surface area contributed by atoms with Gasteiger partial charge in [0, 0.05) is 25.9 Å². The summed E-state index contributed by atoms with van der Waals surface area (Å²) in [7, 11) is 1.66. The lowest BCUT2D eigenvalue weighted by Crippen LogP contribution is -2.29. The summed E-state index contributed by atoms with van der Waals surface area (Å²) in [6.07, 6.45) is 0.881. The number of nitrogens with zero attached hydrogens (tertiary/aromatic N) is 1. The highest BCUT2D eigenvalue weighted by molar-refractivity contribution is 7.80. The molecule has 0 saturated carbocycles. The van der Waals surface area contributed by atoms with E-state index in [0.29, 0.717) is 22.3 Å². The molecule has 0 unspecified atom stereocenters. The second kappa shape index (κ2) is 7.88. The molecule has 18 heavy (non-hydrogen) atoms. The number of anilines is 1. The minimum absolute atomic E-state index is 0.407. The zero-order valence-electron chi connectivity index (χ0n) is 10.00. The van der Waals surface area contributed by atoms with Crippen LogP contribution in [0.2, 0.25) is 5.02 Å². The van der Waals surface area contributed by atoms with Gasteiger partial charge in [-0.3, -0.25) is 0 Å². The van der Waals surface area contributed by atoms with Gasteiger partial charge in [0.25, 0.3) is 0 Å². The van der Waals surface area contributed by atoms with E-state index in [2.05, 4.69) is 10.6 Å².